The Hall–Kier alpha value is -0.840. The van der Waals surface area contributed by atoms with Gasteiger partial charge in [-0.25, -0.2) is 0 Å². The van der Waals surface area contributed by atoms with E-state index in [1.54, 1.807) is 11.0 Å². The van der Waals surface area contributed by atoms with Gasteiger partial charge in [-0.1, -0.05) is 17.7 Å². The predicted octanol–water partition coefficient (Wildman–Crippen LogP) is 2.95. The minimum atomic E-state index is -0.0312. The van der Waals surface area contributed by atoms with Gasteiger partial charge in [-0.3, -0.25) is 4.79 Å². The van der Waals surface area contributed by atoms with Crippen molar-refractivity contribution >= 4 is 28.8 Å². The molecule has 0 saturated carbocycles. The van der Waals surface area contributed by atoms with E-state index in [1.807, 2.05) is 19.1 Å². The van der Waals surface area contributed by atoms with Crippen molar-refractivity contribution in [2.24, 2.45) is 0 Å². The van der Waals surface area contributed by atoms with Crippen molar-refractivity contribution in [3.05, 3.63) is 34.0 Å². The maximum atomic E-state index is 11.8. The average Bonchev–Trinajstić information content (AvgIpc) is 2.71. The van der Waals surface area contributed by atoms with Crippen LogP contribution in [0.15, 0.2) is 24.8 Å². The van der Waals surface area contributed by atoms with E-state index < -0.39 is 0 Å². The largest absolute Gasteiger partial charge is 0.372 e. The zero-order valence-electron chi connectivity index (χ0n) is 9.82. The summed E-state index contributed by atoms with van der Waals surface area (Å²) in [4.78, 5) is 14.6. The summed E-state index contributed by atoms with van der Waals surface area (Å²) >= 11 is 7.33. The second-order valence-corrected chi connectivity index (χ2v) is 5.21. The number of hydrogen-bond donors (Lipinski definition) is 0. The number of carbonyl (C=O) groups is 1. The molecule has 0 radical (unpaired) electrons. The molecular weight excluding hydrogens is 258 g/mol. The molecule has 0 aliphatic carbocycles. The molecule has 1 aromatic heterocycles. The molecule has 17 heavy (non-hydrogen) atoms. The standard InChI is InChI=1S/C12H16ClNO2S/c1-3-7-14(12(15)9-16-4-2)8-10-5-6-11(13)17-10/h3,5-6H,1,4,7-9H2,2H3. The Labute approximate surface area is 111 Å². The summed E-state index contributed by atoms with van der Waals surface area (Å²) in [5.74, 6) is -0.0312. The van der Waals surface area contributed by atoms with Crippen molar-refractivity contribution in [2.45, 2.75) is 13.5 Å². The lowest BCUT2D eigenvalue weighted by molar-refractivity contribution is -0.136. The maximum Gasteiger partial charge on any atom is 0.249 e. The fourth-order valence-electron chi connectivity index (χ4n) is 1.32. The van der Waals surface area contributed by atoms with E-state index in [0.717, 1.165) is 9.21 Å². The molecule has 0 saturated heterocycles. The van der Waals surface area contributed by atoms with Crippen molar-refractivity contribution in [1.29, 1.82) is 0 Å². The Morgan fingerprint density at radius 1 is 1.65 bits per heavy atom. The van der Waals surface area contributed by atoms with Crippen molar-refractivity contribution in [3.8, 4) is 0 Å². The highest BCUT2D eigenvalue weighted by Gasteiger charge is 2.13. The van der Waals surface area contributed by atoms with Crippen LogP contribution >= 0.6 is 22.9 Å². The molecule has 1 aromatic rings. The number of ether oxygens (including phenoxy) is 1. The molecule has 1 amide bonds. The molecule has 94 valence electrons. The normalized spacial score (nSPS) is 10.2. The molecule has 0 fully saturated rings. The van der Waals surface area contributed by atoms with Gasteiger partial charge in [0.15, 0.2) is 0 Å². The first kappa shape index (κ1) is 14.2. The summed E-state index contributed by atoms with van der Waals surface area (Å²) in [6, 6.07) is 3.76. The van der Waals surface area contributed by atoms with Gasteiger partial charge < -0.3 is 9.64 Å². The van der Waals surface area contributed by atoms with Crippen LogP contribution in [0, 0.1) is 0 Å². The molecule has 1 heterocycles. The van der Waals surface area contributed by atoms with Crippen LogP contribution in [0.5, 0.6) is 0 Å². The maximum absolute atomic E-state index is 11.8. The Balaban J connectivity index is 2.58. The molecule has 0 aliphatic heterocycles. The monoisotopic (exact) mass is 273 g/mol. The Morgan fingerprint density at radius 2 is 2.41 bits per heavy atom. The molecule has 0 aliphatic rings. The fourth-order valence-corrected chi connectivity index (χ4v) is 2.42. The third-order valence-corrected chi connectivity index (χ3v) is 3.32. The number of rotatable bonds is 7. The highest BCUT2D eigenvalue weighted by molar-refractivity contribution is 7.16. The van der Waals surface area contributed by atoms with Crippen LogP contribution in [0.1, 0.15) is 11.8 Å². The van der Waals surface area contributed by atoms with E-state index in [2.05, 4.69) is 6.58 Å². The van der Waals surface area contributed by atoms with Gasteiger partial charge in [0.25, 0.3) is 0 Å². The molecular formula is C12H16ClNO2S. The van der Waals surface area contributed by atoms with E-state index in [9.17, 15) is 4.79 Å². The van der Waals surface area contributed by atoms with E-state index >= 15 is 0 Å². The SMILES string of the molecule is C=CCN(Cc1ccc(Cl)s1)C(=O)COCC. The Morgan fingerprint density at radius 3 is 2.94 bits per heavy atom. The van der Waals surface area contributed by atoms with Gasteiger partial charge in [0, 0.05) is 18.0 Å². The molecule has 0 unspecified atom stereocenters. The second kappa shape index (κ2) is 7.48. The van der Waals surface area contributed by atoms with Gasteiger partial charge in [-0.2, -0.15) is 0 Å². The van der Waals surface area contributed by atoms with Gasteiger partial charge in [-0.05, 0) is 19.1 Å². The summed E-state index contributed by atoms with van der Waals surface area (Å²) in [6.07, 6.45) is 1.71. The number of hydrogen-bond acceptors (Lipinski definition) is 3. The zero-order chi connectivity index (χ0) is 12.7. The molecule has 1 rings (SSSR count). The highest BCUT2D eigenvalue weighted by Crippen LogP contribution is 2.22. The number of nitrogens with zero attached hydrogens (tertiary/aromatic N) is 1. The first-order valence-electron chi connectivity index (χ1n) is 5.38. The fraction of sp³-hybridized carbons (Fsp3) is 0.417. The first-order valence-corrected chi connectivity index (χ1v) is 6.57. The lowest BCUT2D eigenvalue weighted by Gasteiger charge is -2.20. The third kappa shape index (κ3) is 4.89. The van der Waals surface area contributed by atoms with Crippen molar-refractivity contribution in [1.82, 2.24) is 4.90 Å². The lowest BCUT2D eigenvalue weighted by Crippen LogP contribution is -2.33. The van der Waals surface area contributed by atoms with Crippen molar-refractivity contribution < 1.29 is 9.53 Å². The number of thiophene rings is 1. The van der Waals surface area contributed by atoms with Crippen LogP contribution in [-0.4, -0.2) is 30.6 Å². The van der Waals surface area contributed by atoms with Crippen LogP contribution in [0.25, 0.3) is 0 Å². The molecule has 0 bridgehead atoms. The topological polar surface area (TPSA) is 29.5 Å². The summed E-state index contributed by atoms with van der Waals surface area (Å²) in [5, 5.41) is 0. The molecule has 0 spiro atoms. The number of halogens is 1. The Kier molecular flexibility index (Phi) is 6.26. The van der Waals surface area contributed by atoms with E-state index in [-0.39, 0.29) is 12.5 Å². The van der Waals surface area contributed by atoms with Crippen LogP contribution in [0.2, 0.25) is 4.34 Å². The second-order valence-electron chi connectivity index (χ2n) is 3.41. The zero-order valence-corrected chi connectivity index (χ0v) is 11.4. The predicted molar refractivity (Wildman–Crippen MR) is 71.4 cm³/mol. The molecule has 0 N–H and O–H groups in total. The first-order chi connectivity index (χ1) is 8.17. The molecule has 0 atom stereocenters. The van der Waals surface area contributed by atoms with E-state index in [4.69, 9.17) is 16.3 Å². The highest BCUT2D eigenvalue weighted by atomic mass is 35.5. The van der Waals surface area contributed by atoms with Crippen LogP contribution in [0.3, 0.4) is 0 Å². The quantitative estimate of drug-likeness (QED) is 0.715. The molecule has 5 heteroatoms. The van der Waals surface area contributed by atoms with Gasteiger partial charge in [0.05, 0.1) is 10.9 Å². The average molecular weight is 274 g/mol. The van der Waals surface area contributed by atoms with Gasteiger partial charge >= 0.3 is 0 Å². The van der Waals surface area contributed by atoms with E-state index in [0.29, 0.717) is 19.7 Å². The smallest absolute Gasteiger partial charge is 0.249 e. The molecule has 3 nitrogen and oxygen atoms in total. The van der Waals surface area contributed by atoms with Crippen molar-refractivity contribution in [3.63, 3.8) is 0 Å². The third-order valence-electron chi connectivity index (χ3n) is 2.11. The van der Waals surface area contributed by atoms with Crippen molar-refractivity contribution in [2.75, 3.05) is 19.8 Å². The molecule has 0 aromatic carbocycles. The van der Waals surface area contributed by atoms with E-state index in [1.165, 1.54) is 11.3 Å². The van der Waals surface area contributed by atoms with Crippen LogP contribution < -0.4 is 0 Å². The summed E-state index contributed by atoms with van der Waals surface area (Å²) in [6.45, 7) is 7.24. The number of carbonyl (C=O) groups excluding carboxylic acids is 1. The number of amides is 1. The lowest BCUT2D eigenvalue weighted by atomic mass is 10.4. The summed E-state index contributed by atoms with van der Waals surface area (Å²) in [5.41, 5.74) is 0. The Bertz CT molecular complexity index is 378. The van der Waals surface area contributed by atoms with Gasteiger partial charge in [-0.15, -0.1) is 17.9 Å². The van der Waals surface area contributed by atoms with Crippen LogP contribution in [0.4, 0.5) is 0 Å². The summed E-state index contributed by atoms with van der Waals surface area (Å²) < 4.78 is 5.85. The van der Waals surface area contributed by atoms with Gasteiger partial charge in [0.2, 0.25) is 5.91 Å². The van der Waals surface area contributed by atoms with Crippen LogP contribution in [-0.2, 0) is 16.1 Å². The minimum absolute atomic E-state index is 0.0312. The minimum Gasteiger partial charge on any atom is -0.372 e. The van der Waals surface area contributed by atoms with Gasteiger partial charge in [0.1, 0.15) is 6.61 Å². The summed E-state index contributed by atoms with van der Waals surface area (Å²) in [7, 11) is 0.